The fourth-order valence-electron chi connectivity index (χ4n) is 2.96. The van der Waals surface area contributed by atoms with E-state index in [0.29, 0.717) is 11.3 Å². The van der Waals surface area contributed by atoms with E-state index in [9.17, 15) is 4.79 Å². The van der Waals surface area contributed by atoms with Gasteiger partial charge in [-0.25, -0.2) is 0 Å². The minimum atomic E-state index is -0.427. The van der Waals surface area contributed by atoms with Gasteiger partial charge in [0.15, 0.2) is 0 Å². The molecule has 0 saturated heterocycles. The van der Waals surface area contributed by atoms with Crippen molar-refractivity contribution in [2.45, 2.75) is 19.8 Å². The van der Waals surface area contributed by atoms with Crippen molar-refractivity contribution in [2.75, 3.05) is 17.2 Å². The average molecular weight is 281 g/mol. The zero-order valence-corrected chi connectivity index (χ0v) is 12.1. The largest absolute Gasteiger partial charge is 0.399 e. The Hall–Kier alpha value is -2.49. The second-order valence-electron chi connectivity index (χ2n) is 5.53. The third-order valence-corrected chi connectivity index (χ3v) is 3.93. The Morgan fingerprint density at radius 2 is 1.95 bits per heavy atom. The topological polar surface area (TPSA) is 72.3 Å². The van der Waals surface area contributed by atoms with E-state index in [0.717, 1.165) is 30.8 Å². The molecule has 1 aliphatic heterocycles. The van der Waals surface area contributed by atoms with Crippen LogP contribution in [0.15, 0.2) is 36.4 Å². The molecule has 4 N–H and O–H groups in total. The molecule has 2 aromatic carbocycles. The highest BCUT2D eigenvalue weighted by atomic mass is 16.1. The maximum atomic E-state index is 11.7. The number of benzene rings is 2. The summed E-state index contributed by atoms with van der Waals surface area (Å²) in [6.07, 6.45) is 2.10. The third-order valence-electron chi connectivity index (χ3n) is 3.93. The minimum absolute atomic E-state index is 0.427. The zero-order chi connectivity index (χ0) is 15.0. The number of primary amides is 1. The SMILES string of the molecule is Cc1ccc2c(c1)CCCN2c1cc(N)ccc1C(N)=O. The van der Waals surface area contributed by atoms with Crippen molar-refractivity contribution in [1.82, 2.24) is 0 Å². The van der Waals surface area contributed by atoms with Crippen molar-refractivity contribution in [3.63, 3.8) is 0 Å². The molecule has 4 heteroatoms. The van der Waals surface area contributed by atoms with Gasteiger partial charge < -0.3 is 16.4 Å². The van der Waals surface area contributed by atoms with Gasteiger partial charge in [0, 0.05) is 17.9 Å². The summed E-state index contributed by atoms with van der Waals surface area (Å²) in [5.74, 6) is -0.427. The molecule has 0 saturated carbocycles. The fraction of sp³-hybridized carbons (Fsp3) is 0.235. The molecule has 1 heterocycles. The molecule has 0 bridgehead atoms. The van der Waals surface area contributed by atoms with Crippen molar-refractivity contribution >= 4 is 23.0 Å². The first-order valence-corrected chi connectivity index (χ1v) is 7.12. The van der Waals surface area contributed by atoms with E-state index in [1.54, 1.807) is 12.1 Å². The Kier molecular flexibility index (Phi) is 3.29. The van der Waals surface area contributed by atoms with E-state index >= 15 is 0 Å². The molecule has 2 aromatic rings. The van der Waals surface area contributed by atoms with Crippen molar-refractivity contribution in [3.05, 3.63) is 53.1 Å². The number of nitrogens with zero attached hydrogens (tertiary/aromatic N) is 1. The van der Waals surface area contributed by atoms with Crippen LogP contribution in [-0.2, 0) is 6.42 Å². The van der Waals surface area contributed by atoms with Crippen molar-refractivity contribution in [2.24, 2.45) is 5.73 Å². The third kappa shape index (κ3) is 2.44. The summed E-state index contributed by atoms with van der Waals surface area (Å²) in [5.41, 5.74) is 17.0. The smallest absolute Gasteiger partial charge is 0.250 e. The number of fused-ring (bicyclic) bond motifs is 1. The maximum Gasteiger partial charge on any atom is 0.250 e. The van der Waals surface area contributed by atoms with Crippen LogP contribution in [0.5, 0.6) is 0 Å². The van der Waals surface area contributed by atoms with Crippen LogP contribution in [0.25, 0.3) is 0 Å². The molecule has 108 valence electrons. The van der Waals surface area contributed by atoms with Gasteiger partial charge in [0.05, 0.1) is 11.3 Å². The Labute approximate surface area is 124 Å². The van der Waals surface area contributed by atoms with Crippen LogP contribution in [0, 0.1) is 6.92 Å². The Morgan fingerprint density at radius 1 is 1.14 bits per heavy atom. The highest BCUT2D eigenvalue weighted by Gasteiger charge is 2.22. The average Bonchev–Trinajstić information content (AvgIpc) is 2.45. The van der Waals surface area contributed by atoms with E-state index in [1.807, 2.05) is 6.07 Å². The highest BCUT2D eigenvalue weighted by Crippen LogP contribution is 2.36. The number of carbonyl (C=O) groups is 1. The predicted octanol–water partition coefficient (Wildman–Crippen LogP) is 2.76. The summed E-state index contributed by atoms with van der Waals surface area (Å²) in [4.78, 5) is 13.8. The number of hydrogen-bond donors (Lipinski definition) is 2. The standard InChI is InChI=1S/C17H19N3O/c1-11-4-7-15-12(9-11)3-2-8-20(15)16-10-13(18)5-6-14(16)17(19)21/h4-7,9-10H,2-3,8,18H2,1H3,(H2,19,21). The van der Waals surface area contributed by atoms with Crippen LogP contribution >= 0.6 is 0 Å². The second kappa shape index (κ2) is 5.13. The summed E-state index contributed by atoms with van der Waals surface area (Å²) >= 11 is 0. The maximum absolute atomic E-state index is 11.7. The van der Waals surface area contributed by atoms with Crippen molar-refractivity contribution in [1.29, 1.82) is 0 Å². The van der Waals surface area contributed by atoms with Gasteiger partial charge in [-0.15, -0.1) is 0 Å². The molecule has 21 heavy (non-hydrogen) atoms. The first kappa shape index (κ1) is 13.5. The summed E-state index contributed by atoms with van der Waals surface area (Å²) in [6, 6.07) is 11.6. The van der Waals surface area contributed by atoms with E-state index in [4.69, 9.17) is 11.5 Å². The van der Waals surface area contributed by atoms with Gasteiger partial charge in [0.25, 0.3) is 5.91 Å². The highest BCUT2D eigenvalue weighted by molar-refractivity contribution is 6.00. The number of aryl methyl sites for hydroxylation is 2. The van der Waals surface area contributed by atoms with Crippen molar-refractivity contribution < 1.29 is 4.79 Å². The summed E-state index contributed by atoms with van der Waals surface area (Å²) in [5, 5.41) is 0. The molecular formula is C17H19N3O. The number of carbonyl (C=O) groups excluding carboxylic acids is 1. The second-order valence-corrected chi connectivity index (χ2v) is 5.53. The number of rotatable bonds is 2. The number of anilines is 3. The van der Waals surface area contributed by atoms with Crippen LogP contribution in [0.2, 0.25) is 0 Å². The van der Waals surface area contributed by atoms with Gasteiger partial charge in [-0.05, 0) is 49.6 Å². The van der Waals surface area contributed by atoms with E-state index < -0.39 is 5.91 Å². The van der Waals surface area contributed by atoms with Gasteiger partial charge in [0.1, 0.15) is 0 Å². The van der Waals surface area contributed by atoms with Crippen LogP contribution < -0.4 is 16.4 Å². The Balaban J connectivity index is 2.15. The van der Waals surface area contributed by atoms with Crippen LogP contribution in [0.3, 0.4) is 0 Å². The number of nitrogens with two attached hydrogens (primary N) is 2. The van der Waals surface area contributed by atoms with Crippen LogP contribution in [-0.4, -0.2) is 12.5 Å². The molecule has 0 aromatic heterocycles. The number of hydrogen-bond acceptors (Lipinski definition) is 3. The molecule has 4 nitrogen and oxygen atoms in total. The first-order valence-electron chi connectivity index (χ1n) is 7.12. The first-order chi connectivity index (χ1) is 10.1. The quantitative estimate of drug-likeness (QED) is 0.831. The Bertz CT molecular complexity index is 709. The van der Waals surface area contributed by atoms with Gasteiger partial charge in [-0.2, -0.15) is 0 Å². The summed E-state index contributed by atoms with van der Waals surface area (Å²) in [6.45, 7) is 2.95. The van der Waals surface area contributed by atoms with E-state index in [2.05, 4.69) is 30.0 Å². The number of amides is 1. The molecule has 0 unspecified atom stereocenters. The lowest BCUT2D eigenvalue weighted by molar-refractivity contribution is 0.100. The zero-order valence-electron chi connectivity index (χ0n) is 12.1. The van der Waals surface area contributed by atoms with Gasteiger partial charge >= 0.3 is 0 Å². The molecule has 0 spiro atoms. The monoisotopic (exact) mass is 281 g/mol. The molecule has 3 rings (SSSR count). The van der Waals surface area contributed by atoms with Crippen molar-refractivity contribution in [3.8, 4) is 0 Å². The minimum Gasteiger partial charge on any atom is -0.399 e. The Morgan fingerprint density at radius 3 is 2.71 bits per heavy atom. The van der Waals surface area contributed by atoms with Gasteiger partial charge in [-0.3, -0.25) is 4.79 Å². The van der Waals surface area contributed by atoms with Crippen LogP contribution in [0.1, 0.15) is 27.9 Å². The predicted molar refractivity (Wildman–Crippen MR) is 85.9 cm³/mol. The summed E-state index contributed by atoms with van der Waals surface area (Å²) in [7, 11) is 0. The van der Waals surface area contributed by atoms with Gasteiger partial charge in [-0.1, -0.05) is 17.7 Å². The molecule has 0 radical (unpaired) electrons. The van der Waals surface area contributed by atoms with E-state index in [1.165, 1.54) is 11.1 Å². The molecule has 0 fully saturated rings. The lowest BCUT2D eigenvalue weighted by Gasteiger charge is -2.32. The number of nitrogen functional groups attached to an aromatic ring is 1. The van der Waals surface area contributed by atoms with Crippen LogP contribution in [0.4, 0.5) is 17.1 Å². The van der Waals surface area contributed by atoms with E-state index in [-0.39, 0.29) is 0 Å². The molecule has 1 aliphatic rings. The molecule has 0 atom stereocenters. The lowest BCUT2D eigenvalue weighted by atomic mass is 9.98. The fourth-order valence-corrected chi connectivity index (χ4v) is 2.96. The normalized spacial score (nSPS) is 13.9. The van der Waals surface area contributed by atoms with Gasteiger partial charge in [0.2, 0.25) is 0 Å². The summed E-state index contributed by atoms with van der Waals surface area (Å²) < 4.78 is 0. The molecular weight excluding hydrogens is 262 g/mol. The lowest BCUT2D eigenvalue weighted by Crippen LogP contribution is -2.27. The molecule has 1 amide bonds. The molecule has 0 aliphatic carbocycles.